The molecule has 0 radical (unpaired) electrons. The van der Waals surface area contributed by atoms with Crippen LogP contribution in [0, 0.1) is 0 Å². The van der Waals surface area contributed by atoms with Crippen molar-refractivity contribution in [2.45, 2.75) is 37.7 Å². The predicted octanol–water partition coefficient (Wildman–Crippen LogP) is 4.00. The highest BCUT2D eigenvalue weighted by Gasteiger charge is 2.08. The Bertz CT molecular complexity index is 916. The Balaban J connectivity index is 0.000000547. The molecule has 0 aromatic heterocycles. The summed E-state index contributed by atoms with van der Waals surface area (Å²) in [5.41, 5.74) is 6.85. The molecule has 1 unspecified atom stereocenters. The third-order valence-electron chi connectivity index (χ3n) is 4.12. The summed E-state index contributed by atoms with van der Waals surface area (Å²) in [6, 6.07) is 10.7. The van der Waals surface area contributed by atoms with E-state index in [4.69, 9.17) is 20.3 Å². The van der Waals surface area contributed by atoms with Gasteiger partial charge >= 0.3 is 0 Å². The van der Waals surface area contributed by atoms with E-state index in [9.17, 15) is 4.79 Å². The van der Waals surface area contributed by atoms with Gasteiger partial charge in [0.2, 0.25) is 0 Å². The van der Waals surface area contributed by atoms with Crippen LogP contribution in [-0.4, -0.2) is 44.0 Å². The van der Waals surface area contributed by atoms with Crippen molar-refractivity contribution in [2.24, 2.45) is 10.7 Å². The Morgan fingerprint density at radius 2 is 1.97 bits per heavy atom. The average Bonchev–Trinajstić information content (AvgIpc) is 2.79. The van der Waals surface area contributed by atoms with E-state index in [0.717, 1.165) is 29.6 Å². The van der Waals surface area contributed by atoms with E-state index in [0.29, 0.717) is 28.6 Å². The lowest BCUT2D eigenvalue weighted by Crippen LogP contribution is -2.16. The van der Waals surface area contributed by atoms with Gasteiger partial charge < -0.3 is 25.6 Å². The molecule has 4 N–H and O–H groups in total. The van der Waals surface area contributed by atoms with Gasteiger partial charge in [0.05, 0.1) is 6.61 Å². The lowest BCUT2D eigenvalue weighted by atomic mass is 10.1. The minimum atomic E-state index is -0.362. The lowest BCUT2D eigenvalue weighted by molar-refractivity contribution is 0.112. The van der Waals surface area contributed by atoms with Crippen LogP contribution in [0.25, 0.3) is 0 Å². The van der Waals surface area contributed by atoms with Crippen molar-refractivity contribution in [3.63, 3.8) is 0 Å². The number of nitrogens with zero attached hydrogens (tertiary/aromatic N) is 1. The number of nitrogens with one attached hydrogen (secondary N) is 1. The van der Waals surface area contributed by atoms with Gasteiger partial charge in [-0.3, -0.25) is 9.79 Å². The van der Waals surface area contributed by atoms with E-state index in [1.807, 2.05) is 18.2 Å². The summed E-state index contributed by atoms with van der Waals surface area (Å²) in [4.78, 5) is 15.8. The number of nitrogens with two attached hydrogens (primary N) is 1. The number of ether oxygens (including phenoxy) is 2. The third kappa shape index (κ3) is 9.89. The third-order valence-corrected chi connectivity index (χ3v) is 4.55. The number of aliphatic imine (C=N–C) groups is 1. The summed E-state index contributed by atoms with van der Waals surface area (Å²) in [5, 5.41) is 11.9. The number of carbonyl (C=O) groups excluding carboxylic acids is 1. The molecule has 0 heterocycles. The van der Waals surface area contributed by atoms with Crippen LogP contribution >= 0.6 is 12.6 Å². The van der Waals surface area contributed by atoms with E-state index >= 15 is 0 Å². The SMILES string of the molecule is CCCc1cc(Oc2cc(C=O)cc(OC(C)CO)c2)ccc1S.CN=C(N)/C=C\NC. The number of aldehydes is 1. The molecular weight excluding hydrogens is 426 g/mol. The Labute approximate surface area is 195 Å². The fourth-order valence-corrected chi connectivity index (χ4v) is 2.78. The second kappa shape index (κ2) is 14.9. The van der Waals surface area contributed by atoms with Crippen LogP contribution in [0.4, 0.5) is 0 Å². The maximum Gasteiger partial charge on any atom is 0.150 e. The second-order valence-electron chi connectivity index (χ2n) is 6.88. The lowest BCUT2D eigenvalue weighted by Gasteiger charge is -2.14. The van der Waals surface area contributed by atoms with Gasteiger partial charge in [-0.15, -0.1) is 12.6 Å². The largest absolute Gasteiger partial charge is 0.488 e. The van der Waals surface area contributed by atoms with Crippen molar-refractivity contribution in [2.75, 3.05) is 20.7 Å². The van der Waals surface area contributed by atoms with Crippen LogP contribution in [0.5, 0.6) is 17.2 Å². The van der Waals surface area contributed by atoms with Gasteiger partial charge in [-0.1, -0.05) is 13.3 Å². The molecule has 2 aromatic carbocycles. The first-order valence-corrected chi connectivity index (χ1v) is 10.7. The van der Waals surface area contributed by atoms with Gasteiger partial charge in [0.25, 0.3) is 0 Å². The van der Waals surface area contributed by atoms with Crippen molar-refractivity contribution >= 4 is 24.8 Å². The van der Waals surface area contributed by atoms with E-state index in [2.05, 4.69) is 29.9 Å². The van der Waals surface area contributed by atoms with Gasteiger partial charge in [-0.2, -0.15) is 0 Å². The molecule has 0 fully saturated rings. The number of hydrogen-bond acceptors (Lipinski definition) is 7. The molecule has 0 saturated carbocycles. The molecule has 0 saturated heterocycles. The number of hydrogen-bond donors (Lipinski definition) is 4. The summed E-state index contributed by atoms with van der Waals surface area (Å²) in [7, 11) is 3.45. The quantitative estimate of drug-likeness (QED) is 0.185. The normalized spacial score (nSPS) is 12.0. The van der Waals surface area contributed by atoms with Crippen molar-refractivity contribution in [1.29, 1.82) is 0 Å². The number of aliphatic hydroxyl groups is 1. The highest BCUT2D eigenvalue weighted by atomic mass is 32.1. The van der Waals surface area contributed by atoms with Gasteiger partial charge in [-0.05, 0) is 61.5 Å². The monoisotopic (exact) mass is 459 g/mol. The van der Waals surface area contributed by atoms with Crippen LogP contribution in [-0.2, 0) is 6.42 Å². The fourth-order valence-electron chi connectivity index (χ4n) is 2.53. The Hall–Kier alpha value is -2.97. The summed E-state index contributed by atoms with van der Waals surface area (Å²) < 4.78 is 11.4. The van der Waals surface area contributed by atoms with Crippen LogP contribution in [0.2, 0.25) is 0 Å². The zero-order valence-electron chi connectivity index (χ0n) is 19.0. The number of thiol groups is 1. The maximum absolute atomic E-state index is 11.1. The number of benzene rings is 2. The van der Waals surface area contributed by atoms with Gasteiger partial charge in [0.15, 0.2) is 0 Å². The molecular formula is C24H33N3O4S. The van der Waals surface area contributed by atoms with Gasteiger partial charge in [0, 0.05) is 30.6 Å². The number of rotatable bonds is 10. The first-order chi connectivity index (χ1) is 15.4. The summed E-state index contributed by atoms with van der Waals surface area (Å²) >= 11 is 4.46. The van der Waals surface area contributed by atoms with Crippen molar-refractivity contribution < 1.29 is 19.4 Å². The molecule has 32 heavy (non-hydrogen) atoms. The number of aryl methyl sites for hydroxylation is 1. The van der Waals surface area contributed by atoms with Gasteiger partial charge in [0.1, 0.15) is 35.5 Å². The topological polar surface area (TPSA) is 106 Å². The molecule has 174 valence electrons. The number of amidine groups is 1. The summed E-state index contributed by atoms with van der Waals surface area (Å²) in [5.74, 6) is 2.20. The molecule has 0 bridgehead atoms. The molecule has 2 rings (SSSR count). The predicted molar refractivity (Wildman–Crippen MR) is 133 cm³/mol. The minimum Gasteiger partial charge on any atom is -0.488 e. The number of carbonyl (C=O) groups is 1. The van der Waals surface area contributed by atoms with Crippen molar-refractivity contribution in [1.82, 2.24) is 5.32 Å². The molecule has 0 amide bonds. The Morgan fingerprint density at radius 3 is 2.56 bits per heavy atom. The average molecular weight is 460 g/mol. The molecule has 8 heteroatoms. The highest BCUT2D eigenvalue weighted by Crippen LogP contribution is 2.30. The number of aliphatic hydroxyl groups excluding tert-OH is 1. The Morgan fingerprint density at radius 1 is 1.25 bits per heavy atom. The molecule has 0 aliphatic rings. The standard InChI is InChI=1S/C19H22O4S.C5H11N3/c1-3-4-15-9-16(5-6-19(15)24)23-18-8-14(12-21)7-17(10-18)22-13(2)11-20;1-7-4-3-5(6)8-2/h5-10,12-13,20,24H,3-4,11H2,1-2H3;3-4,7H,1-2H3,(H2,6,8)/b;4-3-. The first-order valence-electron chi connectivity index (χ1n) is 10.3. The molecule has 1 atom stereocenters. The minimum absolute atomic E-state index is 0.106. The molecule has 0 spiro atoms. The van der Waals surface area contributed by atoms with E-state index < -0.39 is 0 Å². The molecule has 0 aliphatic heterocycles. The first kappa shape index (κ1) is 27.1. The van der Waals surface area contributed by atoms with Crippen LogP contribution < -0.4 is 20.5 Å². The molecule has 2 aromatic rings. The van der Waals surface area contributed by atoms with Crippen LogP contribution in [0.3, 0.4) is 0 Å². The van der Waals surface area contributed by atoms with Crippen molar-refractivity contribution in [3.8, 4) is 17.2 Å². The van der Waals surface area contributed by atoms with Crippen LogP contribution in [0.1, 0.15) is 36.2 Å². The molecule has 0 aliphatic carbocycles. The zero-order valence-corrected chi connectivity index (χ0v) is 19.9. The van der Waals surface area contributed by atoms with E-state index in [1.54, 1.807) is 51.5 Å². The van der Waals surface area contributed by atoms with Crippen molar-refractivity contribution in [3.05, 3.63) is 59.8 Å². The summed E-state index contributed by atoms with van der Waals surface area (Å²) in [6.07, 6.45) is 5.74. The smallest absolute Gasteiger partial charge is 0.150 e. The van der Waals surface area contributed by atoms with Crippen LogP contribution in [0.15, 0.2) is 58.6 Å². The van der Waals surface area contributed by atoms with Gasteiger partial charge in [-0.25, -0.2) is 0 Å². The summed E-state index contributed by atoms with van der Waals surface area (Å²) in [6.45, 7) is 3.75. The zero-order chi connectivity index (χ0) is 23.9. The van der Waals surface area contributed by atoms with E-state index in [1.165, 1.54) is 0 Å². The highest BCUT2D eigenvalue weighted by molar-refractivity contribution is 7.80. The Kier molecular flexibility index (Phi) is 12.6. The maximum atomic E-state index is 11.1. The molecule has 7 nitrogen and oxygen atoms in total. The van der Waals surface area contributed by atoms with E-state index in [-0.39, 0.29) is 12.7 Å². The fraction of sp³-hybridized carbons (Fsp3) is 0.333. The second-order valence-corrected chi connectivity index (χ2v) is 7.36.